The van der Waals surface area contributed by atoms with E-state index in [1.54, 1.807) is 6.07 Å². The summed E-state index contributed by atoms with van der Waals surface area (Å²) in [5.74, 6) is -0.176. The van der Waals surface area contributed by atoms with Crippen molar-refractivity contribution in [3.8, 4) is 0 Å². The van der Waals surface area contributed by atoms with Gasteiger partial charge in [0.15, 0.2) is 0 Å². The molecule has 0 heterocycles. The molecule has 0 bridgehead atoms. The molecule has 0 amide bonds. The Bertz CT molecular complexity index is 434. The van der Waals surface area contributed by atoms with E-state index in [0.29, 0.717) is 18.7 Å². The van der Waals surface area contributed by atoms with E-state index in [9.17, 15) is 13.2 Å². The van der Waals surface area contributed by atoms with Crippen LogP contribution < -0.4 is 5.41 Å². The van der Waals surface area contributed by atoms with Crippen molar-refractivity contribution in [1.82, 2.24) is 0 Å². The topological polar surface area (TPSA) is 34.8 Å². The van der Waals surface area contributed by atoms with Gasteiger partial charge in [-0.25, -0.2) is 5.41 Å². The standard InChI is InChI=1S/C13H15ClF3NO/c1-19-12(18)10(6-4-8-14)9-5-2-3-7-11(9)13(15,16)17/h2-3,5,7,10,18H,4,6,8H2,1H3/p+1. The van der Waals surface area contributed by atoms with Gasteiger partial charge in [0.05, 0.1) is 12.7 Å². The second-order valence-electron chi connectivity index (χ2n) is 4.08. The molecule has 0 aliphatic carbocycles. The summed E-state index contributed by atoms with van der Waals surface area (Å²) in [6.45, 7) is 0. The molecule has 106 valence electrons. The number of hydrogen-bond donors (Lipinski definition) is 1. The molecule has 1 rings (SSSR count). The average molecular weight is 295 g/mol. The van der Waals surface area contributed by atoms with Crippen LogP contribution >= 0.6 is 11.6 Å². The third kappa shape index (κ3) is 4.13. The van der Waals surface area contributed by atoms with Crippen LogP contribution in [0.25, 0.3) is 0 Å². The van der Waals surface area contributed by atoms with Crippen molar-refractivity contribution < 1.29 is 23.3 Å². The van der Waals surface area contributed by atoms with E-state index < -0.39 is 17.7 Å². The maximum Gasteiger partial charge on any atom is 0.416 e. The summed E-state index contributed by atoms with van der Waals surface area (Å²) in [7, 11) is 1.35. The second-order valence-corrected chi connectivity index (χ2v) is 4.45. The Labute approximate surface area is 115 Å². The van der Waals surface area contributed by atoms with E-state index in [0.717, 1.165) is 6.07 Å². The van der Waals surface area contributed by atoms with E-state index >= 15 is 0 Å². The molecule has 2 nitrogen and oxygen atoms in total. The first kappa shape index (κ1) is 15.8. The van der Waals surface area contributed by atoms with Gasteiger partial charge in [0.1, 0.15) is 5.92 Å². The number of halogens is 4. The second kappa shape index (κ2) is 6.80. The van der Waals surface area contributed by atoms with Crippen molar-refractivity contribution >= 4 is 17.5 Å². The molecule has 1 aromatic rings. The van der Waals surface area contributed by atoms with Gasteiger partial charge in [-0.05, 0) is 24.5 Å². The zero-order valence-electron chi connectivity index (χ0n) is 10.5. The Morgan fingerprint density at radius 2 is 2.00 bits per heavy atom. The van der Waals surface area contributed by atoms with Gasteiger partial charge in [0, 0.05) is 5.88 Å². The molecule has 6 heteroatoms. The molecule has 0 fully saturated rings. The Kier molecular flexibility index (Phi) is 5.66. The van der Waals surface area contributed by atoms with Crippen molar-refractivity contribution in [2.75, 3.05) is 13.0 Å². The summed E-state index contributed by atoms with van der Waals surface area (Å²) >= 11 is 5.60. The third-order valence-electron chi connectivity index (χ3n) is 2.85. The van der Waals surface area contributed by atoms with Crippen LogP contribution in [0.3, 0.4) is 0 Å². The van der Waals surface area contributed by atoms with Crippen LogP contribution in [0.2, 0.25) is 0 Å². The quantitative estimate of drug-likeness (QED) is 0.506. The molecule has 0 aliphatic rings. The number of methoxy groups -OCH3 is 1. The lowest BCUT2D eigenvalue weighted by Crippen LogP contribution is -2.45. The normalized spacial score (nSPS) is 13.1. The number of benzene rings is 1. The number of nitrogens with two attached hydrogens (primary N) is 1. The predicted octanol–water partition coefficient (Wildman–Crippen LogP) is 2.61. The molecule has 0 radical (unpaired) electrons. The molecule has 1 unspecified atom stereocenters. The molecule has 0 aliphatic heterocycles. The molecule has 0 saturated carbocycles. The SMILES string of the molecule is COC(=[NH2+])C(CCCCl)c1ccccc1C(F)(F)F. The Hall–Kier alpha value is -1.23. The molecule has 19 heavy (non-hydrogen) atoms. The Balaban J connectivity index is 3.18. The minimum Gasteiger partial charge on any atom is -0.451 e. The third-order valence-corrected chi connectivity index (χ3v) is 3.11. The summed E-state index contributed by atoms with van der Waals surface area (Å²) in [5, 5.41) is 5.69. The van der Waals surface area contributed by atoms with Crippen molar-refractivity contribution in [1.29, 1.82) is 0 Å². The lowest BCUT2D eigenvalue weighted by Gasteiger charge is -2.18. The summed E-state index contributed by atoms with van der Waals surface area (Å²) < 4.78 is 43.9. The highest BCUT2D eigenvalue weighted by Gasteiger charge is 2.37. The molecule has 0 aromatic heterocycles. The highest BCUT2D eigenvalue weighted by atomic mass is 35.5. The van der Waals surface area contributed by atoms with Crippen LogP contribution in [0.4, 0.5) is 13.2 Å². The van der Waals surface area contributed by atoms with Crippen LogP contribution in [0.1, 0.15) is 29.9 Å². The Morgan fingerprint density at radius 1 is 1.37 bits per heavy atom. The maximum absolute atomic E-state index is 13.0. The number of alkyl halides is 4. The maximum atomic E-state index is 13.0. The highest BCUT2D eigenvalue weighted by molar-refractivity contribution is 6.17. The molecular weight excluding hydrogens is 279 g/mol. The molecule has 1 atom stereocenters. The number of hydrogen-bond acceptors (Lipinski definition) is 1. The minimum absolute atomic E-state index is 0.0711. The van der Waals surface area contributed by atoms with Gasteiger partial charge in [-0.3, -0.25) is 0 Å². The van der Waals surface area contributed by atoms with Crippen LogP contribution in [0, 0.1) is 0 Å². The van der Waals surface area contributed by atoms with Crippen LogP contribution in [-0.2, 0) is 10.9 Å². The summed E-state index contributed by atoms with van der Waals surface area (Å²) in [6, 6.07) is 5.38. The molecular formula is C13H16ClF3NO+. The van der Waals surface area contributed by atoms with Crippen LogP contribution in [0.5, 0.6) is 0 Å². The first-order valence-corrected chi connectivity index (χ1v) is 6.33. The van der Waals surface area contributed by atoms with E-state index in [1.807, 2.05) is 0 Å². The fraction of sp³-hybridized carbons (Fsp3) is 0.462. The molecule has 0 saturated heterocycles. The zero-order valence-corrected chi connectivity index (χ0v) is 11.3. The van der Waals surface area contributed by atoms with E-state index in [-0.39, 0.29) is 11.5 Å². The van der Waals surface area contributed by atoms with Crippen LogP contribution in [-0.4, -0.2) is 18.9 Å². The molecule has 1 aromatic carbocycles. The van der Waals surface area contributed by atoms with Crippen molar-refractivity contribution in [2.45, 2.75) is 24.9 Å². The summed E-state index contributed by atoms with van der Waals surface area (Å²) in [4.78, 5) is 0. The van der Waals surface area contributed by atoms with E-state index in [1.165, 1.54) is 19.2 Å². The smallest absolute Gasteiger partial charge is 0.416 e. The van der Waals surface area contributed by atoms with Gasteiger partial charge in [-0.15, -0.1) is 11.6 Å². The van der Waals surface area contributed by atoms with E-state index in [4.69, 9.17) is 21.7 Å². The number of rotatable bonds is 5. The molecule has 2 N–H and O–H groups in total. The molecule has 0 spiro atoms. The van der Waals surface area contributed by atoms with Gasteiger partial charge in [-0.2, -0.15) is 13.2 Å². The first-order valence-electron chi connectivity index (χ1n) is 5.80. The zero-order chi connectivity index (χ0) is 14.5. The van der Waals surface area contributed by atoms with Gasteiger partial charge in [0.2, 0.25) is 0 Å². The van der Waals surface area contributed by atoms with Gasteiger partial charge < -0.3 is 4.74 Å². The lowest BCUT2D eigenvalue weighted by molar-refractivity contribution is -0.144. The van der Waals surface area contributed by atoms with Crippen molar-refractivity contribution in [3.63, 3.8) is 0 Å². The van der Waals surface area contributed by atoms with Crippen molar-refractivity contribution in [3.05, 3.63) is 35.4 Å². The summed E-state index contributed by atoms with van der Waals surface area (Å²) in [6.07, 6.45) is -3.44. The summed E-state index contributed by atoms with van der Waals surface area (Å²) in [5.41, 5.74) is -0.561. The predicted molar refractivity (Wildman–Crippen MR) is 68.1 cm³/mol. The van der Waals surface area contributed by atoms with Gasteiger partial charge in [0.25, 0.3) is 0 Å². The minimum atomic E-state index is -4.41. The largest absolute Gasteiger partial charge is 0.451 e. The first-order chi connectivity index (χ1) is 8.91. The fourth-order valence-electron chi connectivity index (χ4n) is 1.93. The number of ether oxygens (including phenoxy) is 1. The Morgan fingerprint density at radius 3 is 2.53 bits per heavy atom. The monoisotopic (exact) mass is 294 g/mol. The van der Waals surface area contributed by atoms with Crippen molar-refractivity contribution in [2.24, 2.45) is 0 Å². The highest BCUT2D eigenvalue weighted by Crippen LogP contribution is 2.36. The van der Waals surface area contributed by atoms with Crippen LogP contribution in [0.15, 0.2) is 24.3 Å². The average Bonchev–Trinajstić information content (AvgIpc) is 2.38. The lowest BCUT2D eigenvalue weighted by atomic mass is 9.90. The van der Waals surface area contributed by atoms with E-state index in [2.05, 4.69) is 0 Å². The fourth-order valence-corrected chi connectivity index (χ4v) is 2.09. The van der Waals surface area contributed by atoms with Gasteiger partial charge >= 0.3 is 12.1 Å². The van der Waals surface area contributed by atoms with Gasteiger partial charge in [-0.1, -0.05) is 18.2 Å².